The zero-order valence-corrected chi connectivity index (χ0v) is 13.7. The molecule has 0 saturated carbocycles. The van der Waals surface area contributed by atoms with Crippen molar-refractivity contribution in [2.75, 3.05) is 26.2 Å². The molecule has 6 nitrogen and oxygen atoms in total. The molecule has 0 aromatic heterocycles. The maximum Gasteiger partial charge on any atom is 0.409 e. The molecule has 1 N–H and O–H groups in total. The average Bonchev–Trinajstić information content (AvgIpc) is 2.89. The molecule has 1 aromatic carbocycles. The monoisotopic (exact) mass is 326 g/mol. The van der Waals surface area contributed by atoms with Crippen molar-refractivity contribution in [3.63, 3.8) is 0 Å². The Kier molecular flexibility index (Phi) is 5.42. The summed E-state index contributed by atoms with van der Waals surface area (Å²) in [6.07, 6.45) is 0.227. The highest BCUT2D eigenvalue weighted by Crippen LogP contribution is 2.17. The number of benzene rings is 1. The Morgan fingerprint density at radius 1 is 1.27 bits per heavy atom. The number of cyclic esters (lactones) is 1. The van der Waals surface area contributed by atoms with Gasteiger partial charge < -0.3 is 9.64 Å². The van der Waals surface area contributed by atoms with E-state index in [0.29, 0.717) is 32.0 Å². The quantitative estimate of drug-likeness (QED) is 0.777. The topological polar surface area (TPSA) is 75.7 Å². The number of hydrogen-bond acceptors (Lipinski definition) is 4. The average molecular weight is 326 g/mol. The molecule has 0 bridgehead atoms. The van der Waals surface area contributed by atoms with Gasteiger partial charge in [-0.1, -0.05) is 26.0 Å². The largest absolute Gasteiger partial charge is 0.448 e. The third kappa shape index (κ3) is 4.20. The highest BCUT2D eigenvalue weighted by molar-refractivity contribution is 7.89. The van der Waals surface area contributed by atoms with Crippen LogP contribution in [0.1, 0.15) is 31.7 Å². The van der Waals surface area contributed by atoms with Crippen LogP contribution in [0.15, 0.2) is 29.2 Å². The van der Waals surface area contributed by atoms with E-state index in [-0.39, 0.29) is 17.5 Å². The molecule has 0 aliphatic carbocycles. The molecule has 22 heavy (non-hydrogen) atoms. The summed E-state index contributed by atoms with van der Waals surface area (Å²) in [5, 5.41) is 0. The van der Waals surface area contributed by atoms with E-state index < -0.39 is 10.0 Å². The summed E-state index contributed by atoms with van der Waals surface area (Å²) in [5.74, 6) is 0.366. The second kappa shape index (κ2) is 7.11. The van der Waals surface area contributed by atoms with Gasteiger partial charge in [0, 0.05) is 13.1 Å². The van der Waals surface area contributed by atoms with Gasteiger partial charge in [0.2, 0.25) is 10.0 Å². The Bertz CT molecular complexity index is 611. The number of rotatable bonds is 7. The Labute approximate surface area is 131 Å². The minimum Gasteiger partial charge on any atom is -0.448 e. The number of amides is 1. The van der Waals surface area contributed by atoms with Crippen LogP contribution in [0.4, 0.5) is 4.79 Å². The van der Waals surface area contributed by atoms with Crippen LogP contribution in [-0.4, -0.2) is 45.7 Å². The zero-order valence-electron chi connectivity index (χ0n) is 12.9. The number of nitrogens with one attached hydrogen (secondary N) is 1. The van der Waals surface area contributed by atoms with Crippen LogP contribution in [0, 0.1) is 0 Å². The van der Waals surface area contributed by atoms with Crippen molar-refractivity contribution in [2.24, 2.45) is 0 Å². The van der Waals surface area contributed by atoms with Crippen LogP contribution in [0.5, 0.6) is 0 Å². The zero-order chi connectivity index (χ0) is 16.2. The normalized spacial score (nSPS) is 15.4. The fourth-order valence-corrected chi connectivity index (χ4v) is 3.29. The Morgan fingerprint density at radius 2 is 1.95 bits per heavy atom. The molecule has 1 fully saturated rings. The molecule has 1 heterocycles. The first kappa shape index (κ1) is 16.8. The van der Waals surface area contributed by atoms with Gasteiger partial charge in [0.05, 0.1) is 11.4 Å². The maximum atomic E-state index is 12.2. The smallest absolute Gasteiger partial charge is 0.409 e. The van der Waals surface area contributed by atoms with Gasteiger partial charge in [-0.15, -0.1) is 0 Å². The molecule has 1 aromatic rings. The third-order valence-corrected chi connectivity index (χ3v) is 5.08. The number of sulfonamides is 1. The van der Waals surface area contributed by atoms with E-state index in [4.69, 9.17) is 4.74 Å². The second-order valence-corrected chi connectivity index (χ2v) is 7.34. The predicted octanol–water partition coefficient (Wildman–Crippen LogP) is 1.93. The fraction of sp³-hybridized carbons (Fsp3) is 0.533. The summed E-state index contributed by atoms with van der Waals surface area (Å²) in [7, 11) is -3.50. The molecule has 0 atom stereocenters. The van der Waals surface area contributed by atoms with E-state index in [0.717, 1.165) is 5.56 Å². The number of nitrogens with zero attached hydrogens (tertiary/aromatic N) is 1. The van der Waals surface area contributed by atoms with Crippen molar-refractivity contribution in [1.29, 1.82) is 0 Å². The van der Waals surface area contributed by atoms with Crippen LogP contribution in [0.25, 0.3) is 0 Å². The SMILES string of the molecule is CC(C)c1ccc(S(=O)(=O)NCCCN2CCOC2=O)cc1. The van der Waals surface area contributed by atoms with Crippen molar-refractivity contribution in [1.82, 2.24) is 9.62 Å². The molecule has 0 unspecified atom stereocenters. The Morgan fingerprint density at radius 3 is 2.50 bits per heavy atom. The number of carbonyl (C=O) groups excluding carboxylic acids is 1. The van der Waals surface area contributed by atoms with E-state index >= 15 is 0 Å². The first-order valence-corrected chi connectivity index (χ1v) is 8.90. The van der Waals surface area contributed by atoms with Gasteiger partial charge in [-0.3, -0.25) is 0 Å². The summed E-state index contributed by atoms with van der Waals surface area (Å²) in [6.45, 7) is 5.89. The summed E-state index contributed by atoms with van der Waals surface area (Å²) in [4.78, 5) is 13.1. The number of carbonyl (C=O) groups is 1. The molecule has 7 heteroatoms. The fourth-order valence-electron chi connectivity index (χ4n) is 2.22. The van der Waals surface area contributed by atoms with Gasteiger partial charge in [0.15, 0.2) is 0 Å². The third-order valence-electron chi connectivity index (χ3n) is 3.60. The minimum absolute atomic E-state index is 0.262. The number of hydrogen-bond donors (Lipinski definition) is 1. The molecule has 1 aliphatic heterocycles. The predicted molar refractivity (Wildman–Crippen MR) is 83.3 cm³/mol. The lowest BCUT2D eigenvalue weighted by Crippen LogP contribution is -2.30. The number of ether oxygens (including phenoxy) is 1. The standard InChI is InChI=1S/C15H22N2O4S/c1-12(2)13-4-6-14(7-5-13)22(19,20)16-8-3-9-17-10-11-21-15(17)18/h4-7,12,16H,3,8-11H2,1-2H3. The molecule has 0 spiro atoms. The van der Waals surface area contributed by atoms with E-state index in [1.165, 1.54) is 0 Å². The van der Waals surface area contributed by atoms with Crippen molar-refractivity contribution in [2.45, 2.75) is 31.1 Å². The lowest BCUT2D eigenvalue weighted by Gasteiger charge is -2.13. The van der Waals surface area contributed by atoms with Gasteiger partial charge in [0.1, 0.15) is 6.61 Å². The van der Waals surface area contributed by atoms with Crippen molar-refractivity contribution >= 4 is 16.1 Å². The molecule has 2 rings (SSSR count). The van der Waals surface area contributed by atoms with E-state index in [2.05, 4.69) is 18.6 Å². The van der Waals surface area contributed by atoms with Gasteiger partial charge in [-0.25, -0.2) is 17.9 Å². The summed E-state index contributed by atoms with van der Waals surface area (Å²) in [6, 6.07) is 6.91. The lowest BCUT2D eigenvalue weighted by atomic mass is 10.0. The molecule has 0 radical (unpaired) electrons. The Hall–Kier alpha value is -1.60. The first-order chi connectivity index (χ1) is 10.4. The first-order valence-electron chi connectivity index (χ1n) is 7.41. The van der Waals surface area contributed by atoms with E-state index in [1.54, 1.807) is 17.0 Å². The summed E-state index contributed by atoms with van der Waals surface area (Å²) < 4.78 is 31.7. The molecule has 1 amide bonds. The molecule has 1 aliphatic rings. The molecule has 122 valence electrons. The Balaban J connectivity index is 1.84. The molecular formula is C15H22N2O4S. The van der Waals surface area contributed by atoms with Gasteiger partial charge in [-0.2, -0.15) is 0 Å². The van der Waals surface area contributed by atoms with Crippen molar-refractivity contribution < 1.29 is 17.9 Å². The highest BCUT2D eigenvalue weighted by Gasteiger charge is 2.21. The van der Waals surface area contributed by atoms with Gasteiger partial charge in [0.25, 0.3) is 0 Å². The highest BCUT2D eigenvalue weighted by atomic mass is 32.2. The lowest BCUT2D eigenvalue weighted by molar-refractivity contribution is 0.158. The van der Waals surface area contributed by atoms with Crippen LogP contribution >= 0.6 is 0 Å². The van der Waals surface area contributed by atoms with Crippen LogP contribution < -0.4 is 4.72 Å². The van der Waals surface area contributed by atoms with Crippen LogP contribution in [-0.2, 0) is 14.8 Å². The van der Waals surface area contributed by atoms with Crippen LogP contribution in [0.2, 0.25) is 0 Å². The minimum atomic E-state index is -3.50. The molecular weight excluding hydrogens is 304 g/mol. The van der Waals surface area contributed by atoms with Crippen LogP contribution in [0.3, 0.4) is 0 Å². The van der Waals surface area contributed by atoms with E-state index in [9.17, 15) is 13.2 Å². The van der Waals surface area contributed by atoms with Crippen molar-refractivity contribution in [3.8, 4) is 0 Å². The summed E-state index contributed by atoms with van der Waals surface area (Å²) >= 11 is 0. The second-order valence-electron chi connectivity index (χ2n) is 5.58. The molecule has 1 saturated heterocycles. The summed E-state index contributed by atoms with van der Waals surface area (Å²) in [5.41, 5.74) is 1.10. The van der Waals surface area contributed by atoms with E-state index in [1.807, 2.05) is 12.1 Å². The maximum absolute atomic E-state index is 12.2. The van der Waals surface area contributed by atoms with Gasteiger partial charge >= 0.3 is 6.09 Å². The van der Waals surface area contributed by atoms with Gasteiger partial charge in [-0.05, 0) is 30.0 Å². The van der Waals surface area contributed by atoms with Crippen molar-refractivity contribution in [3.05, 3.63) is 29.8 Å².